The van der Waals surface area contributed by atoms with E-state index in [-0.39, 0.29) is 11.9 Å². The van der Waals surface area contributed by atoms with Crippen molar-refractivity contribution in [1.29, 1.82) is 0 Å². The topological polar surface area (TPSA) is 56.1 Å². The second-order valence-corrected chi connectivity index (χ2v) is 6.39. The molecule has 1 unspecified atom stereocenters. The molecule has 1 amide bonds. The van der Waals surface area contributed by atoms with Gasteiger partial charge >= 0.3 is 0 Å². The molecule has 0 aliphatic carbocycles. The zero-order valence-corrected chi connectivity index (χ0v) is 15.5. The number of carbonyl (C=O) groups is 1. The number of rotatable bonds is 5. The lowest BCUT2D eigenvalue weighted by atomic mass is 10.0. The fourth-order valence-corrected chi connectivity index (χ4v) is 3.03. The zero-order chi connectivity index (χ0) is 18.7. The van der Waals surface area contributed by atoms with Crippen molar-refractivity contribution in [1.82, 2.24) is 14.9 Å². The number of hydrogen-bond acceptors (Lipinski definition) is 3. The highest BCUT2D eigenvalue weighted by Crippen LogP contribution is 2.24. The molecule has 0 saturated carbocycles. The van der Waals surface area contributed by atoms with E-state index in [0.717, 1.165) is 28.3 Å². The Morgan fingerprint density at radius 3 is 2.46 bits per heavy atom. The van der Waals surface area contributed by atoms with Crippen LogP contribution in [-0.4, -0.2) is 22.6 Å². The van der Waals surface area contributed by atoms with Crippen LogP contribution in [0.25, 0.3) is 0 Å². The number of methoxy groups -OCH3 is 1. The second-order valence-electron chi connectivity index (χ2n) is 6.39. The molecule has 5 heteroatoms. The van der Waals surface area contributed by atoms with E-state index in [1.807, 2.05) is 74.1 Å². The minimum atomic E-state index is -0.353. The second kappa shape index (κ2) is 7.44. The first-order valence-corrected chi connectivity index (χ1v) is 8.49. The summed E-state index contributed by atoms with van der Waals surface area (Å²) >= 11 is 0. The number of carbonyl (C=O) groups excluding carboxylic acids is 1. The average molecular weight is 349 g/mol. The van der Waals surface area contributed by atoms with Gasteiger partial charge in [-0.25, -0.2) is 4.98 Å². The van der Waals surface area contributed by atoms with Gasteiger partial charge in [0.15, 0.2) is 0 Å². The molecular weight excluding hydrogens is 326 g/mol. The minimum Gasteiger partial charge on any atom is -0.497 e. The number of nitrogens with zero attached hydrogens (tertiary/aromatic N) is 2. The Bertz CT molecular complexity index is 913. The summed E-state index contributed by atoms with van der Waals surface area (Å²) in [5.74, 6) is 1.42. The number of imidazole rings is 1. The Hall–Kier alpha value is -3.08. The smallest absolute Gasteiger partial charge is 0.252 e. The van der Waals surface area contributed by atoms with Crippen LogP contribution in [0.4, 0.5) is 0 Å². The predicted molar refractivity (Wildman–Crippen MR) is 101 cm³/mol. The molecule has 5 nitrogen and oxygen atoms in total. The van der Waals surface area contributed by atoms with E-state index in [2.05, 4.69) is 10.3 Å². The molecule has 26 heavy (non-hydrogen) atoms. The molecular formula is C21H23N3O2. The van der Waals surface area contributed by atoms with Gasteiger partial charge < -0.3 is 14.6 Å². The summed E-state index contributed by atoms with van der Waals surface area (Å²) in [5.41, 5.74) is 3.70. The maximum Gasteiger partial charge on any atom is 0.252 e. The van der Waals surface area contributed by atoms with Gasteiger partial charge in [0.05, 0.1) is 7.11 Å². The lowest BCUT2D eigenvalue weighted by Crippen LogP contribution is -2.31. The van der Waals surface area contributed by atoms with E-state index in [1.165, 1.54) is 0 Å². The third-order valence-electron chi connectivity index (χ3n) is 4.47. The summed E-state index contributed by atoms with van der Waals surface area (Å²) in [6.45, 7) is 3.97. The Balaban J connectivity index is 1.95. The molecule has 3 aromatic rings. The highest BCUT2D eigenvalue weighted by molar-refractivity contribution is 5.96. The summed E-state index contributed by atoms with van der Waals surface area (Å²) in [6, 6.07) is 13.1. The third-order valence-corrected chi connectivity index (χ3v) is 4.47. The number of nitrogens with one attached hydrogen (secondary N) is 1. The lowest BCUT2D eigenvalue weighted by molar-refractivity contribution is 0.0940. The number of amides is 1. The third kappa shape index (κ3) is 3.61. The van der Waals surface area contributed by atoms with Gasteiger partial charge in [0, 0.05) is 25.0 Å². The largest absolute Gasteiger partial charge is 0.497 e. The van der Waals surface area contributed by atoms with Crippen molar-refractivity contribution in [3.8, 4) is 5.75 Å². The van der Waals surface area contributed by atoms with Crippen LogP contribution in [0.15, 0.2) is 54.9 Å². The van der Waals surface area contributed by atoms with Crippen molar-refractivity contribution in [2.75, 3.05) is 7.11 Å². The summed E-state index contributed by atoms with van der Waals surface area (Å²) in [7, 11) is 3.55. The SMILES string of the molecule is COc1ccc(C(NC(=O)c2ccc(C)cc2C)c2nccn2C)cc1. The molecule has 134 valence electrons. The fraction of sp³-hybridized carbons (Fsp3) is 0.238. The number of hydrogen-bond donors (Lipinski definition) is 1. The molecule has 0 aliphatic rings. The van der Waals surface area contributed by atoms with Crippen molar-refractivity contribution in [2.45, 2.75) is 19.9 Å². The molecule has 0 bridgehead atoms. The molecule has 1 heterocycles. The standard InChI is InChI=1S/C21H23N3O2/c1-14-5-10-18(15(2)13-14)21(25)23-19(20-22-11-12-24(20)3)16-6-8-17(26-4)9-7-16/h5-13,19H,1-4H3,(H,23,25). The molecule has 2 aromatic carbocycles. The molecule has 0 fully saturated rings. The Kier molecular flexibility index (Phi) is 5.07. The van der Waals surface area contributed by atoms with Gasteiger partial charge in [-0.3, -0.25) is 4.79 Å². The van der Waals surface area contributed by atoms with Crippen molar-refractivity contribution < 1.29 is 9.53 Å². The first-order chi connectivity index (χ1) is 12.5. The van der Waals surface area contributed by atoms with Crippen molar-refractivity contribution >= 4 is 5.91 Å². The predicted octanol–water partition coefficient (Wildman–Crippen LogP) is 3.56. The maximum atomic E-state index is 12.9. The molecule has 1 N–H and O–H groups in total. The molecule has 0 aliphatic heterocycles. The van der Waals surface area contributed by atoms with Crippen LogP contribution in [0, 0.1) is 13.8 Å². The van der Waals surface area contributed by atoms with E-state index in [9.17, 15) is 4.79 Å². The number of aryl methyl sites for hydroxylation is 3. The Morgan fingerprint density at radius 2 is 1.88 bits per heavy atom. The van der Waals surface area contributed by atoms with Crippen LogP contribution in [-0.2, 0) is 7.05 Å². The summed E-state index contributed by atoms with van der Waals surface area (Å²) < 4.78 is 7.15. The van der Waals surface area contributed by atoms with Crippen LogP contribution < -0.4 is 10.1 Å². The van der Waals surface area contributed by atoms with Gasteiger partial charge in [-0.05, 0) is 43.2 Å². The summed E-state index contributed by atoms with van der Waals surface area (Å²) in [6.07, 6.45) is 3.60. The van der Waals surface area contributed by atoms with Crippen LogP contribution in [0.2, 0.25) is 0 Å². The maximum absolute atomic E-state index is 12.9. The van der Waals surface area contributed by atoms with E-state index >= 15 is 0 Å². The van der Waals surface area contributed by atoms with Gasteiger partial charge in [0.1, 0.15) is 17.6 Å². The first-order valence-electron chi connectivity index (χ1n) is 8.49. The molecule has 1 aromatic heterocycles. The van der Waals surface area contributed by atoms with Crippen LogP contribution >= 0.6 is 0 Å². The quantitative estimate of drug-likeness (QED) is 0.766. The average Bonchev–Trinajstić information content (AvgIpc) is 3.05. The lowest BCUT2D eigenvalue weighted by Gasteiger charge is -2.20. The van der Waals surface area contributed by atoms with E-state index in [0.29, 0.717) is 5.56 Å². The van der Waals surface area contributed by atoms with E-state index in [1.54, 1.807) is 13.3 Å². The Morgan fingerprint density at radius 1 is 1.15 bits per heavy atom. The van der Waals surface area contributed by atoms with Gasteiger partial charge in [0.2, 0.25) is 0 Å². The summed E-state index contributed by atoms with van der Waals surface area (Å²) in [4.78, 5) is 17.4. The minimum absolute atomic E-state index is 0.119. The highest BCUT2D eigenvalue weighted by atomic mass is 16.5. The van der Waals surface area contributed by atoms with Crippen LogP contribution in [0.3, 0.4) is 0 Å². The highest BCUT2D eigenvalue weighted by Gasteiger charge is 2.22. The van der Waals surface area contributed by atoms with Gasteiger partial charge in [-0.15, -0.1) is 0 Å². The normalized spacial score (nSPS) is 11.8. The van der Waals surface area contributed by atoms with Crippen LogP contribution in [0.5, 0.6) is 5.75 Å². The van der Waals surface area contributed by atoms with Gasteiger partial charge in [-0.1, -0.05) is 29.8 Å². The van der Waals surface area contributed by atoms with E-state index < -0.39 is 0 Å². The molecule has 0 spiro atoms. The van der Waals surface area contributed by atoms with Gasteiger partial charge in [0.25, 0.3) is 5.91 Å². The zero-order valence-electron chi connectivity index (χ0n) is 15.5. The molecule has 0 saturated heterocycles. The monoisotopic (exact) mass is 349 g/mol. The number of benzene rings is 2. The van der Waals surface area contributed by atoms with Crippen molar-refractivity contribution in [2.24, 2.45) is 7.05 Å². The fourth-order valence-electron chi connectivity index (χ4n) is 3.03. The summed E-state index contributed by atoms with van der Waals surface area (Å²) in [5, 5.41) is 3.13. The van der Waals surface area contributed by atoms with Crippen molar-refractivity contribution in [3.05, 3.63) is 82.9 Å². The number of aromatic nitrogens is 2. The van der Waals surface area contributed by atoms with E-state index in [4.69, 9.17) is 4.74 Å². The van der Waals surface area contributed by atoms with Gasteiger partial charge in [-0.2, -0.15) is 0 Å². The molecule has 3 rings (SSSR count). The molecule has 1 atom stereocenters. The number of ether oxygens (including phenoxy) is 1. The Labute approximate surface area is 153 Å². The van der Waals surface area contributed by atoms with Crippen molar-refractivity contribution in [3.63, 3.8) is 0 Å². The van der Waals surface area contributed by atoms with Crippen LogP contribution in [0.1, 0.15) is 38.9 Å². The first kappa shape index (κ1) is 17.7. The molecule has 0 radical (unpaired) electrons.